The Morgan fingerprint density at radius 3 is 2.31 bits per heavy atom. The Bertz CT molecular complexity index is 178. The molecule has 0 aliphatic rings. The second kappa shape index (κ2) is 4.89. The Hall–Kier alpha value is -0.180. The number of carbonyl (C=O) groups is 1. The smallest absolute Gasteiger partial charge is 0.219 e. The van der Waals surface area contributed by atoms with Crippen LogP contribution in [0.25, 0.3) is 0 Å². The van der Waals surface area contributed by atoms with Crippen LogP contribution in [-0.4, -0.2) is 29.1 Å². The quantitative estimate of drug-likeness (QED) is 0.695. The molecule has 0 aromatic rings. The minimum absolute atomic E-state index is 0.0748. The van der Waals surface area contributed by atoms with Gasteiger partial charge in [-0.25, -0.2) is 0 Å². The maximum absolute atomic E-state index is 11.0. The fourth-order valence-corrected chi connectivity index (χ4v) is 2.14. The first-order valence-corrected chi connectivity index (χ1v) is 5.13. The molecule has 3 heteroatoms. The summed E-state index contributed by atoms with van der Waals surface area (Å²) >= 11 is 4.57. The average Bonchev–Trinajstić information content (AvgIpc) is 1.81. The molecule has 0 aliphatic carbocycles. The van der Waals surface area contributed by atoms with Gasteiger partial charge in [-0.3, -0.25) is 4.79 Å². The summed E-state index contributed by atoms with van der Waals surface area (Å²) in [5, 5.41) is 0. The molecule has 0 radical (unpaired) electrons. The van der Waals surface area contributed by atoms with Crippen molar-refractivity contribution < 1.29 is 4.79 Å². The highest BCUT2D eigenvalue weighted by Gasteiger charge is 2.23. The molecular weight excluding hydrogens is 182 g/mol. The monoisotopic (exact) mass is 203 g/mol. The van der Waals surface area contributed by atoms with Crippen LogP contribution in [0.1, 0.15) is 34.1 Å². The second-order valence-electron chi connectivity index (χ2n) is 4.47. The van der Waals surface area contributed by atoms with Crippen LogP contribution in [0.15, 0.2) is 0 Å². The number of hydrogen-bond acceptors (Lipinski definition) is 2. The highest BCUT2D eigenvalue weighted by atomic mass is 32.1. The van der Waals surface area contributed by atoms with Crippen molar-refractivity contribution in [3.63, 3.8) is 0 Å². The Labute approximate surface area is 87.1 Å². The maximum atomic E-state index is 11.0. The van der Waals surface area contributed by atoms with Gasteiger partial charge in [-0.1, -0.05) is 13.8 Å². The third kappa shape index (κ3) is 5.97. The molecule has 78 valence electrons. The van der Waals surface area contributed by atoms with Gasteiger partial charge in [-0.05, 0) is 19.3 Å². The summed E-state index contributed by atoms with van der Waals surface area (Å²) in [7, 11) is 1.82. The summed E-state index contributed by atoms with van der Waals surface area (Å²) in [4.78, 5) is 12.7. The minimum atomic E-state index is -0.0748. The molecule has 0 aromatic heterocycles. The third-order valence-electron chi connectivity index (χ3n) is 1.96. The van der Waals surface area contributed by atoms with Crippen molar-refractivity contribution in [3.05, 3.63) is 0 Å². The molecule has 0 fully saturated rings. The van der Waals surface area contributed by atoms with Crippen molar-refractivity contribution in [1.29, 1.82) is 0 Å². The van der Waals surface area contributed by atoms with E-state index < -0.39 is 0 Å². The first-order valence-electron chi connectivity index (χ1n) is 4.68. The van der Waals surface area contributed by atoms with Crippen LogP contribution in [0.4, 0.5) is 0 Å². The Morgan fingerprint density at radius 1 is 1.54 bits per heavy atom. The van der Waals surface area contributed by atoms with Gasteiger partial charge in [0.1, 0.15) is 0 Å². The van der Waals surface area contributed by atoms with Crippen molar-refractivity contribution in [2.24, 2.45) is 5.92 Å². The molecule has 0 N–H and O–H groups in total. The summed E-state index contributed by atoms with van der Waals surface area (Å²) in [6, 6.07) is 0. The highest BCUT2D eigenvalue weighted by molar-refractivity contribution is 7.81. The van der Waals surface area contributed by atoms with Crippen molar-refractivity contribution in [2.45, 2.75) is 38.9 Å². The third-order valence-corrected chi connectivity index (χ3v) is 2.29. The Morgan fingerprint density at radius 2 is 2.00 bits per heavy atom. The lowest BCUT2D eigenvalue weighted by molar-refractivity contribution is -0.127. The van der Waals surface area contributed by atoms with E-state index in [9.17, 15) is 4.79 Å². The van der Waals surface area contributed by atoms with Crippen LogP contribution < -0.4 is 0 Å². The van der Waals surface area contributed by atoms with Crippen molar-refractivity contribution in [3.8, 4) is 0 Å². The Balaban J connectivity index is 4.08. The van der Waals surface area contributed by atoms with Crippen molar-refractivity contribution in [2.75, 3.05) is 13.6 Å². The lowest BCUT2D eigenvalue weighted by atomic mass is 9.97. The number of carbonyl (C=O) groups excluding carboxylic acids is 1. The largest absolute Gasteiger partial charge is 0.345 e. The average molecular weight is 203 g/mol. The van der Waals surface area contributed by atoms with E-state index in [0.717, 1.165) is 6.42 Å². The molecule has 0 saturated heterocycles. The van der Waals surface area contributed by atoms with Gasteiger partial charge in [0.05, 0.1) is 0 Å². The summed E-state index contributed by atoms with van der Waals surface area (Å²) in [6.07, 6.45) is 1.02. The maximum Gasteiger partial charge on any atom is 0.219 e. The zero-order valence-electron chi connectivity index (χ0n) is 9.29. The van der Waals surface area contributed by atoms with Crippen LogP contribution in [0, 0.1) is 5.92 Å². The van der Waals surface area contributed by atoms with Gasteiger partial charge < -0.3 is 4.90 Å². The van der Waals surface area contributed by atoms with Gasteiger partial charge in [-0.2, -0.15) is 12.6 Å². The number of hydrogen-bond donors (Lipinski definition) is 1. The van der Waals surface area contributed by atoms with Crippen LogP contribution in [0.2, 0.25) is 0 Å². The molecule has 0 spiro atoms. The molecule has 13 heavy (non-hydrogen) atoms. The fraction of sp³-hybridized carbons (Fsp3) is 0.900. The topological polar surface area (TPSA) is 20.3 Å². The molecule has 0 heterocycles. The molecule has 0 aromatic carbocycles. The summed E-state index contributed by atoms with van der Waals surface area (Å²) in [5.41, 5.74) is 0. The van der Waals surface area contributed by atoms with Gasteiger partial charge in [0, 0.05) is 25.3 Å². The minimum Gasteiger partial charge on any atom is -0.345 e. The SMILES string of the molecule is CC(=O)N(C)CC(C)(S)CC(C)C. The number of thiol groups is 1. The number of rotatable bonds is 4. The molecule has 0 rings (SSSR count). The molecule has 1 atom stereocenters. The standard InChI is InChI=1S/C10H21NOS/c1-8(2)6-10(4,13)7-11(5)9(3)12/h8,13H,6-7H2,1-5H3. The summed E-state index contributed by atoms with van der Waals surface area (Å²) in [6.45, 7) is 8.71. The molecule has 0 bridgehead atoms. The predicted octanol–water partition coefficient (Wildman–Crippen LogP) is 2.20. The van der Waals surface area contributed by atoms with E-state index in [-0.39, 0.29) is 10.7 Å². The normalized spacial score (nSPS) is 15.6. The van der Waals surface area contributed by atoms with Gasteiger partial charge in [0.15, 0.2) is 0 Å². The van der Waals surface area contributed by atoms with Gasteiger partial charge in [0.2, 0.25) is 5.91 Å². The van der Waals surface area contributed by atoms with E-state index in [1.165, 1.54) is 0 Å². The van der Waals surface area contributed by atoms with E-state index in [0.29, 0.717) is 12.5 Å². The second-order valence-corrected chi connectivity index (χ2v) is 5.55. The Kier molecular flexibility index (Phi) is 4.82. The zero-order valence-corrected chi connectivity index (χ0v) is 10.2. The van der Waals surface area contributed by atoms with Gasteiger partial charge in [-0.15, -0.1) is 0 Å². The van der Waals surface area contributed by atoms with E-state index in [1.54, 1.807) is 11.8 Å². The lowest BCUT2D eigenvalue weighted by Crippen LogP contribution is -2.38. The van der Waals surface area contributed by atoms with Crippen molar-refractivity contribution >= 4 is 18.5 Å². The summed E-state index contributed by atoms with van der Waals surface area (Å²) in [5.74, 6) is 0.715. The van der Waals surface area contributed by atoms with Crippen molar-refractivity contribution in [1.82, 2.24) is 4.90 Å². The molecule has 1 amide bonds. The van der Waals surface area contributed by atoms with E-state index in [2.05, 4.69) is 33.4 Å². The van der Waals surface area contributed by atoms with Crippen LogP contribution in [0.3, 0.4) is 0 Å². The molecule has 0 aliphatic heterocycles. The van der Waals surface area contributed by atoms with Crippen LogP contribution in [-0.2, 0) is 4.79 Å². The molecule has 1 unspecified atom stereocenters. The van der Waals surface area contributed by atoms with Crippen LogP contribution >= 0.6 is 12.6 Å². The van der Waals surface area contributed by atoms with Crippen LogP contribution in [0.5, 0.6) is 0 Å². The van der Waals surface area contributed by atoms with E-state index in [4.69, 9.17) is 0 Å². The molecular formula is C10H21NOS. The first-order chi connectivity index (χ1) is 5.74. The number of nitrogens with zero attached hydrogens (tertiary/aromatic N) is 1. The first kappa shape index (κ1) is 12.8. The highest BCUT2D eigenvalue weighted by Crippen LogP contribution is 2.24. The molecule has 0 saturated carbocycles. The van der Waals surface area contributed by atoms with E-state index >= 15 is 0 Å². The number of amides is 1. The van der Waals surface area contributed by atoms with Gasteiger partial charge in [0.25, 0.3) is 0 Å². The molecule has 2 nitrogen and oxygen atoms in total. The summed E-state index contributed by atoms with van der Waals surface area (Å²) < 4.78 is -0.0748. The van der Waals surface area contributed by atoms with E-state index in [1.807, 2.05) is 7.05 Å². The lowest BCUT2D eigenvalue weighted by Gasteiger charge is -2.30. The predicted molar refractivity (Wildman–Crippen MR) is 60.2 cm³/mol. The fourth-order valence-electron chi connectivity index (χ4n) is 1.57. The zero-order chi connectivity index (χ0) is 10.6. The van der Waals surface area contributed by atoms with Gasteiger partial charge >= 0.3 is 0 Å².